The fourth-order valence-electron chi connectivity index (χ4n) is 2.41. The second-order valence-corrected chi connectivity index (χ2v) is 6.79. The largest absolute Gasteiger partial charge is 0.351 e. The average molecular weight is 258 g/mol. The van der Waals surface area contributed by atoms with Crippen LogP contribution >= 0.6 is 11.8 Å². The Morgan fingerprint density at radius 1 is 1.47 bits per heavy atom. The molecular weight excluding hydrogens is 232 g/mol. The first kappa shape index (κ1) is 14.8. The third-order valence-electron chi connectivity index (χ3n) is 3.22. The van der Waals surface area contributed by atoms with Crippen LogP contribution < -0.4 is 11.1 Å². The van der Waals surface area contributed by atoms with Crippen LogP contribution in [0.25, 0.3) is 0 Å². The molecule has 1 aliphatic carbocycles. The number of amides is 1. The van der Waals surface area contributed by atoms with Crippen molar-refractivity contribution in [3.05, 3.63) is 0 Å². The quantitative estimate of drug-likeness (QED) is 0.767. The van der Waals surface area contributed by atoms with Gasteiger partial charge in [0, 0.05) is 11.3 Å². The standard InChI is InChI=1S/C13H26N2OS/c1-4-17-12-7-5-6-11(12)15-13(16)10(14)8-9(2)3/h9-12H,4-8,14H2,1-3H3,(H,15,16). The van der Waals surface area contributed by atoms with Crippen molar-refractivity contribution in [2.75, 3.05) is 5.75 Å². The number of nitrogens with one attached hydrogen (secondary N) is 1. The zero-order chi connectivity index (χ0) is 12.8. The van der Waals surface area contributed by atoms with E-state index in [1.165, 1.54) is 12.8 Å². The molecule has 1 aliphatic rings. The highest BCUT2D eigenvalue weighted by Crippen LogP contribution is 2.29. The number of carbonyl (C=O) groups is 1. The Morgan fingerprint density at radius 3 is 2.76 bits per heavy atom. The summed E-state index contributed by atoms with van der Waals surface area (Å²) in [6.07, 6.45) is 4.33. The van der Waals surface area contributed by atoms with Gasteiger partial charge in [-0.15, -0.1) is 0 Å². The second kappa shape index (κ2) is 7.27. The summed E-state index contributed by atoms with van der Waals surface area (Å²) in [6.45, 7) is 6.36. The van der Waals surface area contributed by atoms with Gasteiger partial charge in [0.1, 0.15) is 0 Å². The maximum absolute atomic E-state index is 11.9. The summed E-state index contributed by atoms with van der Waals surface area (Å²) >= 11 is 1.96. The molecule has 0 bridgehead atoms. The summed E-state index contributed by atoms with van der Waals surface area (Å²) < 4.78 is 0. The molecule has 0 aromatic heterocycles. The van der Waals surface area contributed by atoms with E-state index in [1.807, 2.05) is 11.8 Å². The third-order valence-corrected chi connectivity index (χ3v) is 4.55. The lowest BCUT2D eigenvalue weighted by atomic mass is 10.0. The van der Waals surface area contributed by atoms with E-state index in [0.717, 1.165) is 18.6 Å². The normalized spacial score (nSPS) is 26.2. The number of thioether (sulfide) groups is 1. The molecule has 0 aromatic carbocycles. The summed E-state index contributed by atoms with van der Waals surface area (Å²) in [7, 11) is 0. The Morgan fingerprint density at radius 2 is 2.18 bits per heavy atom. The van der Waals surface area contributed by atoms with E-state index in [2.05, 4.69) is 26.1 Å². The highest BCUT2D eigenvalue weighted by atomic mass is 32.2. The van der Waals surface area contributed by atoms with Crippen molar-refractivity contribution in [1.82, 2.24) is 5.32 Å². The molecule has 0 radical (unpaired) electrons. The van der Waals surface area contributed by atoms with Crippen LogP contribution in [0.2, 0.25) is 0 Å². The van der Waals surface area contributed by atoms with Crippen LogP contribution in [0, 0.1) is 5.92 Å². The minimum atomic E-state index is -0.345. The fourth-order valence-corrected chi connectivity index (χ4v) is 3.61. The highest BCUT2D eigenvalue weighted by molar-refractivity contribution is 7.99. The van der Waals surface area contributed by atoms with Crippen molar-refractivity contribution in [3.63, 3.8) is 0 Å². The van der Waals surface area contributed by atoms with Gasteiger partial charge in [0.25, 0.3) is 0 Å². The Balaban J connectivity index is 2.39. The third kappa shape index (κ3) is 4.88. The lowest BCUT2D eigenvalue weighted by Gasteiger charge is -2.22. The molecule has 3 nitrogen and oxygen atoms in total. The molecule has 0 aromatic rings. The van der Waals surface area contributed by atoms with Crippen LogP contribution in [0.3, 0.4) is 0 Å². The van der Waals surface area contributed by atoms with Gasteiger partial charge in [-0.05, 0) is 30.9 Å². The van der Waals surface area contributed by atoms with E-state index in [9.17, 15) is 4.79 Å². The van der Waals surface area contributed by atoms with Crippen molar-refractivity contribution < 1.29 is 4.79 Å². The molecule has 1 saturated carbocycles. The van der Waals surface area contributed by atoms with Crippen LogP contribution in [0.4, 0.5) is 0 Å². The maximum atomic E-state index is 11.9. The van der Waals surface area contributed by atoms with Crippen LogP contribution in [-0.4, -0.2) is 29.0 Å². The van der Waals surface area contributed by atoms with Crippen molar-refractivity contribution in [1.29, 1.82) is 0 Å². The van der Waals surface area contributed by atoms with E-state index >= 15 is 0 Å². The van der Waals surface area contributed by atoms with Crippen LogP contribution in [-0.2, 0) is 4.79 Å². The van der Waals surface area contributed by atoms with Gasteiger partial charge in [0.05, 0.1) is 6.04 Å². The minimum absolute atomic E-state index is 0.0345. The molecule has 1 rings (SSSR count). The molecular formula is C13H26N2OS. The molecule has 1 amide bonds. The van der Waals surface area contributed by atoms with E-state index < -0.39 is 0 Å². The molecule has 0 spiro atoms. The summed E-state index contributed by atoms with van der Waals surface area (Å²) in [5.74, 6) is 1.63. The van der Waals surface area contributed by atoms with E-state index in [1.54, 1.807) is 0 Å². The summed E-state index contributed by atoms with van der Waals surface area (Å²) in [5.41, 5.74) is 5.90. The van der Waals surface area contributed by atoms with Crippen molar-refractivity contribution >= 4 is 17.7 Å². The smallest absolute Gasteiger partial charge is 0.237 e. The first-order valence-electron chi connectivity index (χ1n) is 6.72. The van der Waals surface area contributed by atoms with Crippen molar-refractivity contribution in [2.24, 2.45) is 11.7 Å². The topological polar surface area (TPSA) is 55.1 Å². The minimum Gasteiger partial charge on any atom is -0.351 e. The van der Waals surface area contributed by atoms with Crippen LogP contribution in [0.15, 0.2) is 0 Å². The van der Waals surface area contributed by atoms with Gasteiger partial charge in [-0.3, -0.25) is 4.79 Å². The molecule has 3 unspecified atom stereocenters. The molecule has 100 valence electrons. The number of nitrogens with two attached hydrogens (primary N) is 1. The van der Waals surface area contributed by atoms with E-state index in [0.29, 0.717) is 17.2 Å². The van der Waals surface area contributed by atoms with E-state index in [4.69, 9.17) is 5.73 Å². The lowest BCUT2D eigenvalue weighted by molar-refractivity contribution is -0.123. The van der Waals surface area contributed by atoms with Crippen LogP contribution in [0.1, 0.15) is 46.5 Å². The number of hydrogen-bond donors (Lipinski definition) is 2. The van der Waals surface area contributed by atoms with Gasteiger partial charge < -0.3 is 11.1 Å². The van der Waals surface area contributed by atoms with Gasteiger partial charge >= 0.3 is 0 Å². The van der Waals surface area contributed by atoms with Crippen molar-refractivity contribution in [3.8, 4) is 0 Å². The van der Waals surface area contributed by atoms with Gasteiger partial charge in [-0.2, -0.15) is 11.8 Å². The molecule has 0 saturated heterocycles. The number of rotatable bonds is 6. The molecule has 0 heterocycles. The van der Waals surface area contributed by atoms with Crippen LogP contribution in [0.5, 0.6) is 0 Å². The zero-order valence-corrected chi connectivity index (χ0v) is 12.1. The highest BCUT2D eigenvalue weighted by Gasteiger charge is 2.29. The first-order chi connectivity index (χ1) is 8.04. The molecule has 0 aliphatic heterocycles. The second-order valence-electron chi connectivity index (χ2n) is 5.28. The van der Waals surface area contributed by atoms with Gasteiger partial charge in [0.15, 0.2) is 0 Å². The Kier molecular flexibility index (Phi) is 6.34. The molecule has 3 atom stereocenters. The summed E-state index contributed by atoms with van der Waals surface area (Å²) in [6, 6.07) is -0.00598. The fraction of sp³-hybridized carbons (Fsp3) is 0.923. The van der Waals surface area contributed by atoms with Gasteiger partial charge in [-0.1, -0.05) is 27.2 Å². The molecule has 4 heteroatoms. The summed E-state index contributed by atoms with van der Waals surface area (Å²) in [4.78, 5) is 11.9. The summed E-state index contributed by atoms with van der Waals surface area (Å²) in [5, 5.41) is 3.73. The maximum Gasteiger partial charge on any atom is 0.237 e. The molecule has 1 fully saturated rings. The van der Waals surface area contributed by atoms with Gasteiger partial charge in [-0.25, -0.2) is 0 Å². The average Bonchev–Trinajstić information content (AvgIpc) is 2.65. The van der Waals surface area contributed by atoms with E-state index in [-0.39, 0.29) is 11.9 Å². The Bertz CT molecular complexity index is 246. The lowest BCUT2D eigenvalue weighted by Crippen LogP contribution is -2.47. The number of hydrogen-bond acceptors (Lipinski definition) is 3. The first-order valence-corrected chi connectivity index (χ1v) is 7.77. The molecule has 3 N–H and O–H groups in total. The zero-order valence-electron chi connectivity index (χ0n) is 11.2. The molecule has 17 heavy (non-hydrogen) atoms. The SMILES string of the molecule is CCSC1CCCC1NC(=O)C(N)CC(C)C. The number of carbonyl (C=O) groups excluding carboxylic acids is 1. The predicted octanol–water partition coefficient (Wildman–Crippen LogP) is 2.15. The van der Waals surface area contributed by atoms with Gasteiger partial charge in [0.2, 0.25) is 5.91 Å². The monoisotopic (exact) mass is 258 g/mol. The predicted molar refractivity (Wildman–Crippen MR) is 75.1 cm³/mol. The van der Waals surface area contributed by atoms with Crippen molar-refractivity contribution in [2.45, 2.75) is 63.8 Å². The Hall–Kier alpha value is -0.220. The Labute approximate surface area is 109 Å².